The maximum absolute atomic E-state index is 12.8. The number of hydrogen-bond donors (Lipinski definition) is 1. The minimum absolute atomic E-state index is 0.0728. The van der Waals surface area contributed by atoms with E-state index in [0.29, 0.717) is 31.0 Å². The highest BCUT2D eigenvalue weighted by Gasteiger charge is 2.33. The third-order valence-corrected chi connectivity index (χ3v) is 4.88. The van der Waals surface area contributed by atoms with Crippen LogP contribution in [-0.4, -0.2) is 39.2 Å². The summed E-state index contributed by atoms with van der Waals surface area (Å²) < 4.78 is 10.7. The third-order valence-electron chi connectivity index (χ3n) is 4.88. The zero-order valence-corrected chi connectivity index (χ0v) is 17.0. The summed E-state index contributed by atoms with van der Waals surface area (Å²) in [7, 11) is 3.40. The molecule has 1 saturated carbocycles. The number of ether oxygens (including phenoxy) is 2. The van der Waals surface area contributed by atoms with E-state index in [4.69, 9.17) is 9.47 Å². The summed E-state index contributed by atoms with van der Waals surface area (Å²) in [5.41, 5.74) is 2.08. The lowest BCUT2D eigenvalue weighted by atomic mass is 10.1. The van der Waals surface area contributed by atoms with Gasteiger partial charge in [0.05, 0.1) is 17.9 Å². The van der Waals surface area contributed by atoms with Gasteiger partial charge in [-0.3, -0.25) is 9.59 Å². The van der Waals surface area contributed by atoms with E-state index in [1.807, 2.05) is 42.5 Å². The third kappa shape index (κ3) is 5.81. The minimum Gasteiger partial charge on any atom is -0.493 e. The summed E-state index contributed by atoms with van der Waals surface area (Å²) in [5, 5.41) is 2.95. The molecule has 2 amide bonds. The van der Waals surface area contributed by atoms with Crippen LogP contribution in [0.3, 0.4) is 0 Å². The Bertz CT molecular complexity index is 848. The molecule has 1 aliphatic carbocycles. The molecule has 6 heteroatoms. The standard InChI is InChI=1S/C23H28N2O4/c1-25(23(27)18-11-12-18)21-10-4-3-9-20(21)22(26)24-16-17-7-5-8-19(15-17)29-14-6-13-28-2/h3-5,7-10,15,18H,6,11-14,16H2,1-2H3,(H,24,26). The molecule has 0 bridgehead atoms. The van der Waals surface area contributed by atoms with Gasteiger partial charge >= 0.3 is 0 Å². The first-order chi connectivity index (χ1) is 14.1. The number of amides is 2. The van der Waals surface area contributed by atoms with Gasteiger partial charge < -0.3 is 19.7 Å². The van der Waals surface area contributed by atoms with Crippen LogP contribution in [0.5, 0.6) is 5.75 Å². The molecule has 0 heterocycles. The second kappa shape index (κ2) is 10.1. The van der Waals surface area contributed by atoms with Gasteiger partial charge in [-0.1, -0.05) is 24.3 Å². The summed E-state index contributed by atoms with van der Waals surface area (Å²) in [6, 6.07) is 14.9. The second-order valence-electron chi connectivity index (χ2n) is 7.21. The number of carbonyl (C=O) groups is 2. The molecule has 0 aliphatic heterocycles. The number of hydrogen-bond acceptors (Lipinski definition) is 4. The largest absolute Gasteiger partial charge is 0.493 e. The van der Waals surface area contributed by atoms with Crippen LogP contribution in [0.15, 0.2) is 48.5 Å². The number of rotatable bonds is 10. The molecular weight excluding hydrogens is 368 g/mol. The average molecular weight is 396 g/mol. The molecule has 0 unspecified atom stereocenters. The van der Waals surface area contributed by atoms with Crippen LogP contribution in [0.25, 0.3) is 0 Å². The van der Waals surface area contributed by atoms with Crippen molar-refractivity contribution in [3.63, 3.8) is 0 Å². The van der Waals surface area contributed by atoms with E-state index in [2.05, 4.69) is 5.32 Å². The van der Waals surface area contributed by atoms with Crippen molar-refractivity contribution in [3.05, 3.63) is 59.7 Å². The van der Waals surface area contributed by atoms with Gasteiger partial charge in [0.2, 0.25) is 5.91 Å². The van der Waals surface area contributed by atoms with Crippen molar-refractivity contribution in [1.29, 1.82) is 0 Å². The minimum atomic E-state index is -0.206. The highest BCUT2D eigenvalue weighted by atomic mass is 16.5. The number of benzene rings is 2. The van der Waals surface area contributed by atoms with E-state index in [1.54, 1.807) is 25.1 Å². The van der Waals surface area contributed by atoms with E-state index < -0.39 is 0 Å². The van der Waals surface area contributed by atoms with Crippen molar-refractivity contribution in [2.45, 2.75) is 25.8 Å². The van der Waals surface area contributed by atoms with Crippen molar-refractivity contribution >= 4 is 17.5 Å². The molecule has 3 rings (SSSR count). The topological polar surface area (TPSA) is 67.9 Å². The monoisotopic (exact) mass is 396 g/mol. The molecule has 0 saturated heterocycles. The Balaban J connectivity index is 1.60. The molecule has 6 nitrogen and oxygen atoms in total. The fourth-order valence-corrected chi connectivity index (χ4v) is 3.10. The summed E-state index contributed by atoms with van der Waals surface area (Å²) >= 11 is 0. The first-order valence-corrected chi connectivity index (χ1v) is 9.95. The van der Waals surface area contributed by atoms with E-state index in [9.17, 15) is 9.59 Å². The number of methoxy groups -OCH3 is 1. The molecule has 1 aliphatic rings. The molecule has 0 aromatic heterocycles. The predicted octanol–water partition coefficient (Wildman–Crippen LogP) is 3.40. The van der Waals surface area contributed by atoms with Crippen LogP contribution < -0.4 is 15.0 Å². The van der Waals surface area contributed by atoms with Crippen LogP contribution in [-0.2, 0) is 16.1 Å². The number of carbonyl (C=O) groups excluding carboxylic acids is 2. The van der Waals surface area contributed by atoms with E-state index >= 15 is 0 Å². The summed E-state index contributed by atoms with van der Waals surface area (Å²) in [5.74, 6) is 0.733. The zero-order chi connectivity index (χ0) is 20.6. The van der Waals surface area contributed by atoms with Crippen molar-refractivity contribution in [3.8, 4) is 5.75 Å². The van der Waals surface area contributed by atoms with Crippen LogP contribution in [0.2, 0.25) is 0 Å². The summed E-state index contributed by atoms with van der Waals surface area (Å²) in [6.07, 6.45) is 2.68. The number of nitrogens with one attached hydrogen (secondary N) is 1. The first kappa shape index (κ1) is 20.9. The molecule has 0 atom stereocenters. The van der Waals surface area contributed by atoms with E-state index in [-0.39, 0.29) is 17.7 Å². The van der Waals surface area contributed by atoms with E-state index in [0.717, 1.165) is 30.6 Å². The Morgan fingerprint density at radius 1 is 1.10 bits per heavy atom. The van der Waals surface area contributed by atoms with Crippen LogP contribution in [0.4, 0.5) is 5.69 Å². The number of anilines is 1. The smallest absolute Gasteiger partial charge is 0.253 e. The fourth-order valence-electron chi connectivity index (χ4n) is 3.10. The Labute approximate surface area is 171 Å². The maximum Gasteiger partial charge on any atom is 0.253 e. The molecule has 2 aromatic rings. The van der Waals surface area contributed by atoms with E-state index in [1.165, 1.54) is 0 Å². The summed E-state index contributed by atoms with van der Waals surface area (Å²) in [4.78, 5) is 26.8. The van der Waals surface area contributed by atoms with Gasteiger partial charge in [0.25, 0.3) is 5.91 Å². The fraction of sp³-hybridized carbons (Fsp3) is 0.391. The van der Waals surface area contributed by atoms with Crippen LogP contribution in [0, 0.1) is 5.92 Å². The molecule has 0 spiro atoms. The first-order valence-electron chi connectivity index (χ1n) is 9.95. The number of para-hydroxylation sites is 1. The summed E-state index contributed by atoms with van der Waals surface area (Å²) in [6.45, 7) is 1.62. The van der Waals surface area contributed by atoms with Gasteiger partial charge in [-0.05, 0) is 42.7 Å². The quantitative estimate of drug-likeness (QED) is 0.625. The van der Waals surface area contributed by atoms with Crippen molar-refractivity contribution in [2.75, 3.05) is 32.3 Å². The van der Waals surface area contributed by atoms with Crippen molar-refractivity contribution < 1.29 is 19.1 Å². The van der Waals surface area contributed by atoms with Gasteiger partial charge in [-0.2, -0.15) is 0 Å². The molecule has 154 valence electrons. The molecular formula is C23H28N2O4. The molecule has 2 aromatic carbocycles. The molecule has 0 radical (unpaired) electrons. The highest BCUT2D eigenvalue weighted by Crippen LogP contribution is 2.33. The zero-order valence-electron chi connectivity index (χ0n) is 17.0. The molecule has 29 heavy (non-hydrogen) atoms. The Hall–Kier alpha value is -2.86. The Morgan fingerprint density at radius 2 is 1.90 bits per heavy atom. The number of nitrogens with zero attached hydrogens (tertiary/aromatic N) is 1. The highest BCUT2D eigenvalue weighted by molar-refractivity contribution is 6.05. The van der Waals surface area contributed by atoms with Crippen molar-refractivity contribution in [2.24, 2.45) is 5.92 Å². The lowest BCUT2D eigenvalue weighted by Gasteiger charge is -2.20. The lowest BCUT2D eigenvalue weighted by molar-refractivity contribution is -0.119. The molecule has 1 N–H and O–H groups in total. The van der Waals surface area contributed by atoms with Gasteiger partial charge in [0.1, 0.15) is 5.75 Å². The van der Waals surface area contributed by atoms with Gasteiger partial charge in [-0.15, -0.1) is 0 Å². The SMILES string of the molecule is COCCCOc1cccc(CNC(=O)c2ccccc2N(C)C(=O)C2CC2)c1. The lowest BCUT2D eigenvalue weighted by Crippen LogP contribution is -2.31. The normalized spacial score (nSPS) is 13.0. The molecule has 1 fully saturated rings. The Kier molecular flexibility index (Phi) is 7.25. The van der Waals surface area contributed by atoms with Gasteiger partial charge in [-0.25, -0.2) is 0 Å². The average Bonchev–Trinajstić information content (AvgIpc) is 3.60. The Morgan fingerprint density at radius 3 is 2.66 bits per heavy atom. The predicted molar refractivity (Wildman–Crippen MR) is 112 cm³/mol. The van der Waals surface area contributed by atoms with Gasteiger partial charge in [0.15, 0.2) is 0 Å². The van der Waals surface area contributed by atoms with Crippen molar-refractivity contribution in [1.82, 2.24) is 5.32 Å². The van der Waals surface area contributed by atoms with Crippen LogP contribution >= 0.6 is 0 Å². The van der Waals surface area contributed by atoms with Crippen LogP contribution in [0.1, 0.15) is 35.2 Å². The van der Waals surface area contributed by atoms with Gasteiger partial charge in [0, 0.05) is 39.6 Å². The maximum atomic E-state index is 12.8. The second-order valence-corrected chi connectivity index (χ2v) is 7.21.